The summed E-state index contributed by atoms with van der Waals surface area (Å²) in [4.78, 5) is 148. The summed E-state index contributed by atoms with van der Waals surface area (Å²) < 4.78 is 0. The molecule has 39 heteroatoms. The van der Waals surface area contributed by atoms with Gasteiger partial charge in [-0.3, -0.25) is 68.3 Å². The summed E-state index contributed by atoms with van der Waals surface area (Å²) in [5.41, 5.74) is 83.3. The molecule has 0 spiro atoms. The third-order valence-electron chi connectivity index (χ3n) is 13.1. The quantitative estimate of drug-likeness (QED) is 0.0153. The third kappa shape index (κ3) is 38.8. The van der Waals surface area contributed by atoms with Crippen molar-refractivity contribution < 1.29 is 48.3 Å². The van der Waals surface area contributed by atoms with Gasteiger partial charge in [-0.2, -0.15) is 0 Å². The molecule has 0 fully saturated rings. The van der Waals surface area contributed by atoms with E-state index in [-0.39, 0.29) is 165 Å². The van der Waals surface area contributed by atoms with Gasteiger partial charge in [0, 0.05) is 39.3 Å². The fraction of sp³-hybridized carbons (Fsp3) is 0.706. The van der Waals surface area contributed by atoms with Crippen LogP contribution in [0.1, 0.15) is 122 Å². The molecule has 90 heavy (non-hydrogen) atoms. The molecule has 0 aromatic carbocycles. The van der Waals surface area contributed by atoms with E-state index in [0.29, 0.717) is 38.6 Å². The van der Waals surface area contributed by atoms with Gasteiger partial charge in [-0.05, 0) is 136 Å². The lowest BCUT2D eigenvalue weighted by Gasteiger charge is -2.28. The van der Waals surface area contributed by atoms with Crippen LogP contribution in [0.15, 0.2) is 30.0 Å². The van der Waals surface area contributed by atoms with Crippen molar-refractivity contribution in [2.45, 2.75) is 177 Å². The number of aliphatic imine (C=N–C) groups is 6. The number of amides is 8. The minimum Gasteiger partial charge on any atom is -0.480 e. The SMILES string of the molecule is C[C@H](NC(=O)[C@@H](CCCN=C(N)N)NC(=O)[C@H](CCCN=C(N)N)NC(=O)[C@H](CCCCN)NC(=O)[C@H](CCCCN)NC(=O)[C@H](N)CCCN=C(N)N)C(=O)N[C@@H](CCCN=C(N)N)C(=O)N[C@@H](CCCN=C(N)N)C(=O)N[C@H](CCCN=C(N)N)C(=O)O. The van der Waals surface area contributed by atoms with Crippen LogP contribution in [0.2, 0.25) is 0 Å². The van der Waals surface area contributed by atoms with Crippen LogP contribution in [-0.2, 0) is 43.2 Å². The smallest absolute Gasteiger partial charge is 0.326 e. The molecule has 0 aliphatic rings. The van der Waals surface area contributed by atoms with Crippen LogP contribution in [0.5, 0.6) is 0 Å². The Kier molecular flexibility index (Phi) is 42.0. The summed E-state index contributed by atoms with van der Waals surface area (Å²) in [7, 11) is 0. The van der Waals surface area contributed by atoms with E-state index in [1.807, 2.05) is 0 Å². The number of aliphatic carboxylic acids is 1. The molecule has 0 radical (unpaired) electrons. The molecule has 0 aromatic heterocycles. The van der Waals surface area contributed by atoms with Crippen LogP contribution in [0.3, 0.4) is 0 Å². The monoisotopic (exact) mass is 1280 g/mol. The Morgan fingerprint density at radius 1 is 0.300 bits per heavy atom. The van der Waals surface area contributed by atoms with Gasteiger partial charge in [0.05, 0.1) is 6.04 Å². The van der Waals surface area contributed by atoms with Crippen LogP contribution in [-0.4, -0.2) is 201 Å². The molecule has 0 aromatic rings. The molecule has 39 N–H and O–H groups in total. The van der Waals surface area contributed by atoms with Crippen LogP contribution >= 0.6 is 0 Å². The number of carboxylic acids is 1. The second-order valence-electron chi connectivity index (χ2n) is 20.9. The first-order chi connectivity index (χ1) is 42.5. The van der Waals surface area contributed by atoms with Gasteiger partial charge >= 0.3 is 5.97 Å². The Balaban J connectivity index is 7.08. The summed E-state index contributed by atoms with van der Waals surface area (Å²) in [6, 6.07) is -12.1. The van der Waals surface area contributed by atoms with Crippen molar-refractivity contribution in [3.63, 3.8) is 0 Å². The second-order valence-corrected chi connectivity index (χ2v) is 20.9. The van der Waals surface area contributed by atoms with Gasteiger partial charge in [-0.15, -0.1) is 0 Å². The van der Waals surface area contributed by atoms with E-state index in [1.54, 1.807) is 0 Å². The van der Waals surface area contributed by atoms with Crippen molar-refractivity contribution in [1.29, 1.82) is 0 Å². The molecule has 0 aliphatic carbocycles. The molecule has 0 unspecified atom stereocenters. The molecule has 0 saturated heterocycles. The van der Waals surface area contributed by atoms with Crippen molar-refractivity contribution in [1.82, 2.24) is 42.5 Å². The van der Waals surface area contributed by atoms with Crippen LogP contribution in [0.4, 0.5) is 0 Å². The Morgan fingerprint density at radius 3 is 0.767 bits per heavy atom. The topological polar surface area (TPSA) is 735 Å². The van der Waals surface area contributed by atoms with Gasteiger partial charge < -0.3 is 134 Å². The minimum absolute atomic E-state index is 0.00284. The highest BCUT2D eigenvalue weighted by Gasteiger charge is 2.34. The zero-order valence-corrected chi connectivity index (χ0v) is 51.5. The highest BCUT2D eigenvalue weighted by molar-refractivity contribution is 5.98. The van der Waals surface area contributed by atoms with Gasteiger partial charge in [0.1, 0.15) is 48.3 Å². The lowest BCUT2D eigenvalue weighted by Crippen LogP contribution is -2.60. The first kappa shape index (κ1) is 80.7. The van der Waals surface area contributed by atoms with E-state index in [0.717, 1.165) is 0 Å². The summed E-state index contributed by atoms with van der Waals surface area (Å²) in [6.45, 7) is 2.10. The third-order valence-corrected chi connectivity index (χ3v) is 13.1. The Morgan fingerprint density at radius 2 is 0.511 bits per heavy atom. The van der Waals surface area contributed by atoms with Crippen molar-refractivity contribution in [3.05, 3.63) is 0 Å². The maximum atomic E-state index is 14.5. The summed E-state index contributed by atoms with van der Waals surface area (Å²) in [6.07, 6.45) is 2.35. The fourth-order valence-electron chi connectivity index (χ4n) is 8.34. The molecular formula is C51H103N29O10. The minimum atomic E-state index is -1.45. The van der Waals surface area contributed by atoms with E-state index >= 15 is 0 Å². The van der Waals surface area contributed by atoms with Gasteiger partial charge in [0.15, 0.2) is 35.8 Å². The van der Waals surface area contributed by atoms with Gasteiger partial charge in [-0.1, -0.05) is 0 Å². The highest BCUT2D eigenvalue weighted by Crippen LogP contribution is 2.11. The molecular weight excluding hydrogens is 1180 g/mol. The molecule has 0 aliphatic heterocycles. The zero-order chi connectivity index (χ0) is 68.1. The molecule has 9 atom stereocenters. The number of guanidine groups is 6. The molecule has 8 amide bonds. The second kappa shape index (κ2) is 46.8. The molecule has 0 heterocycles. The Hall–Kier alpha value is -9.27. The van der Waals surface area contributed by atoms with Gasteiger partial charge in [-0.25, -0.2) is 4.79 Å². The number of hydrogen-bond donors (Lipinski definition) is 24. The average Bonchev–Trinajstić information content (AvgIpc) is 1.48. The average molecular weight is 1280 g/mol. The lowest BCUT2D eigenvalue weighted by atomic mass is 10.0. The number of nitrogens with zero attached hydrogens (tertiary/aromatic N) is 6. The summed E-state index contributed by atoms with van der Waals surface area (Å²) in [5.74, 6) is -9.48. The Labute approximate surface area is 523 Å². The number of rotatable bonds is 49. The first-order valence-electron chi connectivity index (χ1n) is 29.7. The number of hydrogen-bond acceptors (Lipinski definition) is 18. The van der Waals surface area contributed by atoms with E-state index in [9.17, 15) is 48.3 Å². The zero-order valence-electron chi connectivity index (χ0n) is 51.5. The van der Waals surface area contributed by atoms with Gasteiger partial charge in [0.25, 0.3) is 0 Å². The number of unbranched alkanes of at least 4 members (excludes halogenated alkanes) is 2. The molecule has 39 nitrogen and oxygen atoms in total. The number of carbonyl (C=O) groups excluding carboxylic acids is 8. The largest absolute Gasteiger partial charge is 0.480 e. The standard InChI is InChI=1S/C51H103N29O10/c1-28(37(81)74-33(16-8-24-69-48(59)60)42(86)79-35(18-10-26-71-50(63)64)44(88)80-36(45(89)90)19-11-27-72-51(65)66)73-39(83)32(15-7-23-68-47(57)58)77-43(87)34(17-9-25-70-49(61)62)78-41(85)31(14-3-5-21-53)76-40(84)30(13-2-4-20-52)75-38(82)29(54)12-6-22-67-46(55)56/h28-36H,2-27,52-54H2,1H3,(H,73,83)(H,74,81)(H,75,82)(H,76,84)(H,77,87)(H,78,85)(H,79,86)(H,80,88)(H,89,90)(H4,55,56,67)(H4,57,58,68)(H4,59,60,69)(H4,61,62,70)(H4,63,64,71)(H4,65,66,72)/t28-,29+,30-,31-,32+,33-,34-,35-,36+/m0/s1. The molecule has 0 rings (SSSR count). The van der Waals surface area contributed by atoms with E-state index in [4.69, 9.17) is 86.0 Å². The van der Waals surface area contributed by atoms with Crippen molar-refractivity contribution in [3.8, 4) is 0 Å². The van der Waals surface area contributed by atoms with E-state index < -0.39 is 108 Å². The van der Waals surface area contributed by atoms with Crippen molar-refractivity contribution in [2.24, 2.45) is 116 Å². The number of carbonyl (C=O) groups is 9. The van der Waals surface area contributed by atoms with Crippen molar-refractivity contribution >= 4 is 89.0 Å². The predicted molar refractivity (Wildman–Crippen MR) is 342 cm³/mol. The number of nitrogens with one attached hydrogen (secondary N) is 8. The number of nitrogens with two attached hydrogens (primary N) is 15. The van der Waals surface area contributed by atoms with Crippen LogP contribution in [0, 0.1) is 0 Å². The Bertz CT molecular complexity index is 2420. The molecule has 0 bridgehead atoms. The van der Waals surface area contributed by atoms with Crippen molar-refractivity contribution in [2.75, 3.05) is 52.4 Å². The molecule has 0 saturated carbocycles. The number of carboxylic acid groups (broad SMARTS) is 1. The normalized spacial score (nSPS) is 13.7. The fourth-order valence-corrected chi connectivity index (χ4v) is 8.34. The first-order valence-corrected chi connectivity index (χ1v) is 29.7. The summed E-state index contributed by atoms with van der Waals surface area (Å²) >= 11 is 0. The highest BCUT2D eigenvalue weighted by atomic mass is 16.4. The van der Waals surface area contributed by atoms with E-state index in [2.05, 4.69) is 72.5 Å². The van der Waals surface area contributed by atoms with Crippen LogP contribution in [0.25, 0.3) is 0 Å². The predicted octanol–water partition coefficient (Wildman–Crippen LogP) is -10.1. The van der Waals surface area contributed by atoms with E-state index in [1.165, 1.54) is 6.92 Å². The lowest BCUT2D eigenvalue weighted by molar-refractivity contribution is -0.142. The summed E-state index contributed by atoms with van der Waals surface area (Å²) in [5, 5.41) is 30.7. The van der Waals surface area contributed by atoms with Gasteiger partial charge in [0.2, 0.25) is 47.3 Å². The maximum absolute atomic E-state index is 14.5. The van der Waals surface area contributed by atoms with Crippen LogP contribution < -0.4 is 129 Å². The molecule has 512 valence electrons. The maximum Gasteiger partial charge on any atom is 0.326 e.